The third kappa shape index (κ3) is 1.35. The van der Waals surface area contributed by atoms with Crippen LogP contribution in [0.1, 0.15) is 66.2 Å². The lowest BCUT2D eigenvalue weighted by molar-refractivity contribution is 0.0606. The highest BCUT2D eigenvalue weighted by molar-refractivity contribution is 5.65. The van der Waals surface area contributed by atoms with Gasteiger partial charge in [-0.3, -0.25) is 0 Å². The molecule has 1 saturated carbocycles. The molecular formula is C23H26N4. The van der Waals surface area contributed by atoms with Gasteiger partial charge in [-0.05, 0) is 38.5 Å². The van der Waals surface area contributed by atoms with Crippen LogP contribution in [0.25, 0.3) is 0 Å². The maximum atomic E-state index is 10.4. The second-order valence-corrected chi connectivity index (χ2v) is 8.04. The number of allylic oxidation sites excluding steroid dienone is 4. The van der Waals surface area contributed by atoms with Crippen molar-refractivity contribution >= 4 is 0 Å². The molecule has 0 aromatic heterocycles. The second kappa shape index (κ2) is 5.72. The van der Waals surface area contributed by atoms with Gasteiger partial charge in [0.05, 0.1) is 24.3 Å². The summed E-state index contributed by atoms with van der Waals surface area (Å²) >= 11 is 0. The Morgan fingerprint density at radius 3 is 1.41 bits per heavy atom. The standard InChI is InChI=1S/C23H26N4/c1-5-17-18(6-2)23(8-4)19(11-9-10-12-19)22(17,7-3)20(13-24,14-25)21(23,15-26)16-27/h9,11H,5-8,10,12H2,1-4H3. The van der Waals surface area contributed by atoms with E-state index in [2.05, 4.69) is 50.3 Å². The summed E-state index contributed by atoms with van der Waals surface area (Å²) in [6.45, 7) is 8.21. The molecule has 0 aromatic rings. The maximum absolute atomic E-state index is 10.4. The topological polar surface area (TPSA) is 95.2 Å². The summed E-state index contributed by atoms with van der Waals surface area (Å²) in [6, 6.07) is 9.15. The van der Waals surface area contributed by atoms with Gasteiger partial charge in [-0.15, -0.1) is 0 Å². The summed E-state index contributed by atoms with van der Waals surface area (Å²) in [5.74, 6) is 0. The number of nitriles is 4. The van der Waals surface area contributed by atoms with Crippen LogP contribution < -0.4 is 0 Å². The fourth-order valence-corrected chi connectivity index (χ4v) is 7.96. The molecule has 0 saturated heterocycles. The van der Waals surface area contributed by atoms with Crippen molar-refractivity contribution in [3.05, 3.63) is 23.3 Å². The molecule has 3 aliphatic carbocycles. The Morgan fingerprint density at radius 1 is 0.778 bits per heavy atom. The Bertz CT molecular complexity index is 818. The van der Waals surface area contributed by atoms with Gasteiger partial charge < -0.3 is 0 Å². The first-order chi connectivity index (χ1) is 13.0. The first kappa shape index (κ1) is 19.2. The zero-order valence-electron chi connectivity index (χ0n) is 16.7. The van der Waals surface area contributed by atoms with Gasteiger partial charge in [0.25, 0.3) is 0 Å². The summed E-state index contributed by atoms with van der Waals surface area (Å²) in [7, 11) is 0. The molecule has 0 amide bonds. The van der Waals surface area contributed by atoms with Crippen LogP contribution in [0.15, 0.2) is 23.3 Å². The number of nitrogens with zero attached hydrogens (tertiary/aromatic N) is 4. The van der Waals surface area contributed by atoms with Crippen LogP contribution in [0.3, 0.4) is 0 Å². The predicted molar refractivity (Wildman–Crippen MR) is 101 cm³/mol. The molecule has 1 fully saturated rings. The van der Waals surface area contributed by atoms with Crippen molar-refractivity contribution in [2.24, 2.45) is 27.1 Å². The summed E-state index contributed by atoms with van der Waals surface area (Å²) < 4.78 is 0. The summed E-state index contributed by atoms with van der Waals surface area (Å²) in [5.41, 5.74) is -3.14. The molecule has 0 aromatic carbocycles. The quantitative estimate of drug-likeness (QED) is 0.635. The van der Waals surface area contributed by atoms with Crippen LogP contribution in [0.5, 0.6) is 0 Å². The van der Waals surface area contributed by atoms with Crippen LogP contribution in [-0.2, 0) is 0 Å². The molecular weight excluding hydrogens is 332 g/mol. The highest BCUT2D eigenvalue weighted by Crippen LogP contribution is 2.90. The van der Waals surface area contributed by atoms with E-state index in [1.54, 1.807) is 0 Å². The van der Waals surface area contributed by atoms with Crippen molar-refractivity contribution in [2.75, 3.05) is 0 Å². The van der Waals surface area contributed by atoms with Crippen LogP contribution in [0, 0.1) is 72.4 Å². The molecule has 3 aliphatic rings. The Kier molecular flexibility index (Phi) is 4.07. The molecule has 1 spiro atoms. The number of hydrogen-bond acceptors (Lipinski definition) is 4. The molecule has 3 rings (SSSR count). The van der Waals surface area contributed by atoms with Gasteiger partial charge >= 0.3 is 0 Å². The Morgan fingerprint density at radius 2 is 1.19 bits per heavy atom. The monoisotopic (exact) mass is 358 g/mol. The maximum Gasteiger partial charge on any atom is 0.186 e. The number of rotatable bonds is 4. The Labute approximate surface area is 162 Å². The fraction of sp³-hybridized carbons (Fsp3) is 0.652. The Balaban J connectivity index is 2.71. The largest absolute Gasteiger partial charge is 0.196 e. The zero-order chi connectivity index (χ0) is 20.1. The molecule has 2 bridgehead atoms. The molecule has 0 N–H and O–H groups in total. The predicted octanol–water partition coefficient (Wildman–Crippen LogP) is 5.33. The van der Waals surface area contributed by atoms with Gasteiger partial charge in [0.1, 0.15) is 0 Å². The molecule has 0 aliphatic heterocycles. The van der Waals surface area contributed by atoms with Crippen molar-refractivity contribution in [1.82, 2.24) is 0 Å². The molecule has 0 heterocycles. The van der Waals surface area contributed by atoms with Gasteiger partial charge in [-0.1, -0.05) is 51.0 Å². The van der Waals surface area contributed by atoms with Crippen molar-refractivity contribution in [3.8, 4) is 24.3 Å². The minimum absolute atomic E-state index is 0.517. The van der Waals surface area contributed by atoms with Crippen molar-refractivity contribution < 1.29 is 0 Å². The van der Waals surface area contributed by atoms with E-state index in [1.807, 2.05) is 13.8 Å². The third-order valence-corrected chi connectivity index (χ3v) is 8.31. The average molecular weight is 358 g/mol. The lowest BCUT2D eigenvalue weighted by Crippen LogP contribution is -2.53. The third-order valence-electron chi connectivity index (χ3n) is 8.31. The van der Waals surface area contributed by atoms with E-state index in [0.29, 0.717) is 12.8 Å². The normalized spacial score (nSPS) is 37.0. The lowest BCUT2D eigenvalue weighted by Gasteiger charge is -2.48. The summed E-state index contributed by atoms with van der Waals surface area (Å²) in [6.07, 6.45) is 8.60. The van der Waals surface area contributed by atoms with E-state index < -0.39 is 27.1 Å². The molecule has 2 atom stereocenters. The van der Waals surface area contributed by atoms with Gasteiger partial charge in [0.15, 0.2) is 10.8 Å². The summed E-state index contributed by atoms with van der Waals surface area (Å²) in [4.78, 5) is 0. The van der Waals surface area contributed by atoms with Crippen molar-refractivity contribution in [3.63, 3.8) is 0 Å². The fourth-order valence-electron chi connectivity index (χ4n) is 7.96. The minimum Gasteiger partial charge on any atom is -0.196 e. The molecule has 138 valence electrons. The van der Waals surface area contributed by atoms with Crippen LogP contribution >= 0.6 is 0 Å². The van der Waals surface area contributed by atoms with Crippen LogP contribution in [0.4, 0.5) is 0 Å². The van der Waals surface area contributed by atoms with Crippen molar-refractivity contribution in [1.29, 1.82) is 21.0 Å². The van der Waals surface area contributed by atoms with Gasteiger partial charge in [-0.25, -0.2) is 0 Å². The van der Waals surface area contributed by atoms with Gasteiger partial charge in [0.2, 0.25) is 0 Å². The van der Waals surface area contributed by atoms with E-state index in [-0.39, 0.29) is 0 Å². The second-order valence-electron chi connectivity index (χ2n) is 8.04. The summed E-state index contributed by atoms with van der Waals surface area (Å²) in [5, 5.41) is 41.7. The van der Waals surface area contributed by atoms with Crippen molar-refractivity contribution in [2.45, 2.75) is 66.2 Å². The first-order valence-corrected chi connectivity index (χ1v) is 10.0. The lowest BCUT2D eigenvalue weighted by atomic mass is 9.47. The highest BCUT2D eigenvalue weighted by Gasteiger charge is 2.92. The SMILES string of the molecule is CCC1=C(CC)C2(CC)C(C#N)(C#N)C(C#N)(C#N)C1(CC)C21C=CCC1. The van der Waals surface area contributed by atoms with E-state index in [0.717, 1.165) is 36.8 Å². The molecule has 4 heteroatoms. The van der Waals surface area contributed by atoms with E-state index in [9.17, 15) is 21.0 Å². The number of hydrogen-bond donors (Lipinski definition) is 0. The Hall–Kier alpha value is -2.56. The smallest absolute Gasteiger partial charge is 0.186 e. The minimum atomic E-state index is -1.67. The van der Waals surface area contributed by atoms with E-state index >= 15 is 0 Å². The first-order valence-electron chi connectivity index (χ1n) is 10.0. The van der Waals surface area contributed by atoms with Gasteiger partial charge in [0, 0.05) is 16.2 Å². The molecule has 0 radical (unpaired) electrons. The van der Waals surface area contributed by atoms with E-state index in [1.165, 1.54) is 0 Å². The molecule has 2 unspecified atom stereocenters. The van der Waals surface area contributed by atoms with Gasteiger partial charge in [-0.2, -0.15) is 21.0 Å². The van der Waals surface area contributed by atoms with Crippen LogP contribution in [0.2, 0.25) is 0 Å². The average Bonchev–Trinajstić information content (AvgIpc) is 3.32. The zero-order valence-corrected chi connectivity index (χ0v) is 16.7. The highest BCUT2D eigenvalue weighted by atomic mass is 14.9. The van der Waals surface area contributed by atoms with E-state index in [4.69, 9.17) is 0 Å². The van der Waals surface area contributed by atoms with Crippen LogP contribution in [-0.4, -0.2) is 0 Å². The molecule has 27 heavy (non-hydrogen) atoms. The molecule has 4 nitrogen and oxygen atoms in total.